The third kappa shape index (κ3) is 2.42. The van der Waals surface area contributed by atoms with E-state index < -0.39 is 5.97 Å². The number of hydrogen-bond donors (Lipinski definition) is 1. The summed E-state index contributed by atoms with van der Waals surface area (Å²) in [7, 11) is 0. The van der Waals surface area contributed by atoms with E-state index >= 15 is 0 Å². The van der Waals surface area contributed by atoms with Gasteiger partial charge in [0.25, 0.3) is 0 Å². The molecule has 1 aromatic rings. The molecule has 1 fully saturated rings. The van der Waals surface area contributed by atoms with Crippen molar-refractivity contribution in [3.8, 4) is 5.75 Å². The van der Waals surface area contributed by atoms with Crippen molar-refractivity contribution in [3.05, 3.63) is 41.7 Å². The van der Waals surface area contributed by atoms with Crippen LogP contribution < -0.4 is 4.74 Å². The first-order chi connectivity index (χ1) is 7.70. The van der Waals surface area contributed by atoms with Gasteiger partial charge in [0.2, 0.25) is 5.76 Å². The SMILES string of the molecule is C/C=C(/Oc1ccc(C2CC2)cc1)C(=O)O. The summed E-state index contributed by atoms with van der Waals surface area (Å²) < 4.78 is 5.24. The van der Waals surface area contributed by atoms with Gasteiger partial charge in [0.15, 0.2) is 0 Å². The van der Waals surface area contributed by atoms with Crippen LogP contribution in [0.4, 0.5) is 0 Å². The van der Waals surface area contributed by atoms with Gasteiger partial charge in [0, 0.05) is 0 Å². The van der Waals surface area contributed by atoms with E-state index in [0.29, 0.717) is 11.7 Å². The number of allylic oxidation sites excluding steroid dienone is 1. The standard InChI is InChI=1S/C13H14O3/c1-2-12(13(14)15)16-11-7-5-10(6-8-11)9-3-4-9/h2,5-9H,3-4H2,1H3,(H,14,15)/b12-2+. The van der Waals surface area contributed by atoms with Crippen LogP contribution in [0.3, 0.4) is 0 Å². The molecular weight excluding hydrogens is 204 g/mol. The highest BCUT2D eigenvalue weighted by atomic mass is 16.5. The van der Waals surface area contributed by atoms with Gasteiger partial charge in [0.05, 0.1) is 0 Å². The quantitative estimate of drug-likeness (QED) is 0.624. The van der Waals surface area contributed by atoms with Gasteiger partial charge in [-0.05, 0) is 49.5 Å². The lowest BCUT2D eigenvalue weighted by molar-refractivity contribution is -0.135. The number of rotatable bonds is 4. The minimum Gasteiger partial charge on any atom is -0.475 e. The summed E-state index contributed by atoms with van der Waals surface area (Å²) in [4.78, 5) is 10.7. The van der Waals surface area contributed by atoms with Crippen LogP contribution in [-0.4, -0.2) is 11.1 Å². The summed E-state index contributed by atoms with van der Waals surface area (Å²) in [5, 5.41) is 8.79. The first-order valence-electron chi connectivity index (χ1n) is 5.38. The molecule has 0 aliphatic heterocycles. The predicted molar refractivity (Wildman–Crippen MR) is 60.4 cm³/mol. The van der Waals surface area contributed by atoms with Crippen molar-refractivity contribution >= 4 is 5.97 Å². The summed E-state index contributed by atoms with van der Waals surface area (Å²) >= 11 is 0. The molecule has 3 heteroatoms. The number of carboxylic acid groups (broad SMARTS) is 1. The maximum Gasteiger partial charge on any atom is 0.371 e. The average Bonchev–Trinajstić information content (AvgIpc) is 3.10. The summed E-state index contributed by atoms with van der Waals surface area (Å²) in [6.45, 7) is 1.64. The molecule has 1 saturated carbocycles. The van der Waals surface area contributed by atoms with Crippen molar-refractivity contribution in [2.24, 2.45) is 0 Å². The van der Waals surface area contributed by atoms with E-state index in [4.69, 9.17) is 9.84 Å². The second-order valence-electron chi connectivity index (χ2n) is 3.90. The topological polar surface area (TPSA) is 46.5 Å². The lowest BCUT2D eigenvalue weighted by Gasteiger charge is -2.06. The molecule has 0 atom stereocenters. The Hall–Kier alpha value is -1.77. The highest BCUT2D eigenvalue weighted by Gasteiger charge is 2.23. The number of hydrogen-bond acceptors (Lipinski definition) is 2. The Morgan fingerprint density at radius 2 is 2.00 bits per heavy atom. The Kier molecular flexibility index (Phi) is 2.95. The van der Waals surface area contributed by atoms with Crippen LogP contribution in [-0.2, 0) is 4.79 Å². The Bertz CT molecular complexity index is 413. The minimum atomic E-state index is -1.05. The molecule has 0 unspecified atom stereocenters. The van der Waals surface area contributed by atoms with Crippen LogP contribution >= 0.6 is 0 Å². The zero-order valence-corrected chi connectivity index (χ0v) is 9.14. The minimum absolute atomic E-state index is 0.0424. The number of aliphatic carboxylic acids is 1. The maximum atomic E-state index is 10.7. The molecule has 1 aliphatic carbocycles. The summed E-state index contributed by atoms with van der Waals surface area (Å²) in [6.07, 6.45) is 3.96. The van der Waals surface area contributed by atoms with Crippen molar-refractivity contribution in [2.75, 3.05) is 0 Å². The molecule has 0 spiro atoms. The summed E-state index contributed by atoms with van der Waals surface area (Å²) in [5.74, 6) is 0.183. The molecule has 0 bridgehead atoms. The van der Waals surface area contributed by atoms with Crippen LogP contribution in [0.1, 0.15) is 31.2 Å². The normalized spacial score (nSPS) is 15.9. The van der Waals surface area contributed by atoms with Crippen molar-refractivity contribution < 1.29 is 14.6 Å². The maximum absolute atomic E-state index is 10.7. The molecule has 1 aliphatic rings. The van der Waals surface area contributed by atoms with Crippen molar-refractivity contribution in [1.29, 1.82) is 0 Å². The van der Waals surface area contributed by atoms with Crippen molar-refractivity contribution in [3.63, 3.8) is 0 Å². The van der Waals surface area contributed by atoms with Crippen LogP contribution in [0, 0.1) is 0 Å². The van der Waals surface area contributed by atoms with E-state index in [9.17, 15) is 4.79 Å². The van der Waals surface area contributed by atoms with E-state index in [2.05, 4.69) is 0 Å². The van der Waals surface area contributed by atoms with E-state index in [-0.39, 0.29) is 5.76 Å². The van der Waals surface area contributed by atoms with Crippen LogP contribution in [0.15, 0.2) is 36.1 Å². The third-order valence-electron chi connectivity index (χ3n) is 2.63. The van der Waals surface area contributed by atoms with Crippen LogP contribution in [0.25, 0.3) is 0 Å². The molecule has 0 aromatic heterocycles. The van der Waals surface area contributed by atoms with Gasteiger partial charge >= 0.3 is 5.97 Å². The predicted octanol–water partition coefficient (Wildman–Crippen LogP) is 2.93. The van der Waals surface area contributed by atoms with Crippen molar-refractivity contribution in [1.82, 2.24) is 0 Å². The van der Waals surface area contributed by atoms with Gasteiger partial charge in [-0.15, -0.1) is 0 Å². The second-order valence-corrected chi connectivity index (χ2v) is 3.90. The van der Waals surface area contributed by atoms with E-state index in [0.717, 1.165) is 0 Å². The van der Waals surface area contributed by atoms with Gasteiger partial charge in [-0.25, -0.2) is 4.79 Å². The highest BCUT2D eigenvalue weighted by molar-refractivity contribution is 5.84. The zero-order chi connectivity index (χ0) is 11.5. The Morgan fingerprint density at radius 1 is 1.38 bits per heavy atom. The largest absolute Gasteiger partial charge is 0.475 e. The smallest absolute Gasteiger partial charge is 0.371 e. The summed E-state index contributed by atoms with van der Waals surface area (Å²) in [5.41, 5.74) is 1.31. The number of carboxylic acids is 1. The fourth-order valence-electron chi connectivity index (χ4n) is 1.58. The molecule has 1 aromatic carbocycles. The number of ether oxygens (including phenoxy) is 1. The van der Waals surface area contributed by atoms with Gasteiger partial charge in [0.1, 0.15) is 5.75 Å². The third-order valence-corrected chi connectivity index (χ3v) is 2.63. The molecule has 0 heterocycles. The lowest BCUT2D eigenvalue weighted by atomic mass is 10.1. The molecule has 1 N–H and O–H groups in total. The second kappa shape index (κ2) is 4.39. The monoisotopic (exact) mass is 218 g/mol. The van der Waals surface area contributed by atoms with Gasteiger partial charge in [-0.1, -0.05) is 12.1 Å². The molecular formula is C13H14O3. The average molecular weight is 218 g/mol. The van der Waals surface area contributed by atoms with Crippen LogP contribution in [0.5, 0.6) is 5.75 Å². The highest BCUT2D eigenvalue weighted by Crippen LogP contribution is 2.40. The Labute approximate surface area is 94.4 Å². The fourth-order valence-corrected chi connectivity index (χ4v) is 1.58. The molecule has 2 rings (SSSR count). The Balaban J connectivity index is 2.06. The molecule has 0 saturated heterocycles. The van der Waals surface area contributed by atoms with Gasteiger partial charge in [-0.2, -0.15) is 0 Å². The fraction of sp³-hybridized carbons (Fsp3) is 0.308. The molecule has 0 radical (unpaired) electrons. The molecule has 84 valence electrons. The van der Waals surface area contributed by atoms with Gasteiger partial charge in [-0.3, -0.25) is 0 Å². The first-order valence-corrected chi connectivity index (χ1v) is 5.38. The van der Waals surface area contributed by atoms with Crippen LogP contribution in [0.2, 0.25) is 0 Å². The molecule has 0 amide bonds. The number of benzene rings is 1. The zero-order valence-electron chi connectivity index (χ0n) is 9.14. The molecule has 16 heavy (non-hydrogen) atoms. The van der Waals surface area contributed by atoms with E-state index in [1.54, 1.807) is 6.92 Å². The number of carbonyl (C=O) groups is 1. The van der Waals surface area contributed by atoms with Crippen molar-refractivity contribution in [2.45, 2.75) is 25.7 Å². The molecule has 3 nitrogen and oxygen atoms in total. The lowest BCUT2D eigenvalue weighted by Crippen LogP contribution is -2.07. The van der Waals surface area contributed by atoms with E-state index in [1.165, 1.54) is 24.5 Å². The van der Waals surface area contributed by atoms with E-state index in [1.807, 2.05) is 24.3 Å². The summed E-state index contributed by atoms with van der Waals surface area (Å²) in [6, 6.07) is 7.64. The first kappa shape index (κ1) is 10.7. The van der Waals surface area contributed by atoms with Gasteiger partial charge < -0.3 is 9.84 Å². The Morgan fingerprint density at radius 3 is 2.44 bits per heavy atom.